The molecule has 3 nitrogen and oxygen atoms in total. The van der Waals surface area contributed by atoms with Crippen LogP contribution in [0.1, 0.15) is 11.7 Å². The molecule has 3 heteroatoms. The van der Waals surface area contributed by atoms with Crippen LogP contribution in [-0.4, -0.2) is 36.6 Å². The van der Waals surface area contributed by atoms with Crippen LogP contribution in [-0.2, 0) is 0 Å². The van der Waals surface area contributed by atoms with Crippen molar-refractivity contribution in [1.29, 1.82) is 0 Å². The van der Waals surface area contributed by atoms with Gasteiger partial charge in [0.2, 0.25) is 0 Å². The summed E-state index contributed by atoms with van der Waals surface area (Å²) in [5.41, 5.74) is 1.29. The van der Waals surface area contributed by atoms with Gasteiger partial charge in [-0.2, -0.15) is 0 Å². The molecule has 1 atom stereocenters. The third kappa shape index (κ3) is 1.52. The highest BCUT2D eigenvalue weighted by molar-refractivity contribution is 5.10. The van der Waals surface area contributed by atoms with Crippen LogP contribution in [0.25, 0.3) is 0 Å². The fraction of sp³-hybridized carbons (Fsp3) is 0.556. The van der Waals surface area contributed by atoms with E-state index < -0.39 is 0 Å². The lowest BCUT2D eigenvalue weighted by molar-refractivity contribution is 0.238. The summed E-state index contributed by atoms with van der Waals surface area (Å²) in [7, 11) is 2.16. The second-order valence-corrected chi connectivity index (χ2v) is 3.39. The standard InChI is InChI=1S/C9H15N3/c1-12-6-5-11-9(7-12)8-3-2-4-10-8/h2-4,9-11H,5-7H2,1H3. The molecule has 2 N–H and O–H groups in total. The summed E-state index contributed by atoms with van der Waals surface area (Å²) < 4.78 is 0. The Morgan fingerprint density at radius 3 is 3.17 bits per heavy atom. The summed E-state index contributed by atoms with van der Waals surface area (Å²) in [5.74, 6) is 0. The lowest BCUT2D eigenvalue weighted by atomic mass is 10.1. The summed E-state index contributed by atoms with van der Waals surface area (Å²) in [6, 6.07) is 4.67. The van der Waals surface area contributed by atoms with E-state index in [-0.39, 0.29) is 0 Å². The third-order valence-corrected chi connectivity index (χ3v) is 2.38. The zero-order valence-corrected chi connectivity index (χ0v) is 7.38. The summed E-state index contributed by atoms with van der Waals surface area (Å²) in [4.78, 5) is 5.59. The average molecular weight is 165 g/mol. The minimum Gasteiger partial charge on any atom is -0.364 e. The van der Waals surface area contributed by atoms with Crippen molar-refractivity contribution in [2.75, 3.05) is 26.7 Å². The van der Waals surface area contributed by atoms with E-state index in [0.717, 1.165) is 19.6 Å². The van der Waals surface area contributed by atoms with E-state index in [4.69, 9.17) is 0 Å². The molecule has 0 bridgehead atoms. The minimum absolute atomic E-state index is 0.485. The van der Waals surface area contributed by atoms with Gasteiger partial charge >= 0.3 is 0 Å². The number of rotatable bonds is 1. The molecule has 0 saturated carbocycles. The highest BCUT2D eigenvalue weighted by Crippen LogP contribution is 2.13. The van der Waals surface area contributed by atoms with Crippen LogP contribution in [0.2, 0.25) is 0 Å². The zero-order valence-electron chi connectivity index (χ0n) is 7.38. The van der Waals surface area contributed by atoms with Gasteiger partial charge in [0.1, 0.15) is 0 Å². The highest BCUT2D eigenvalue weighted by atomic mass is 15.2. The molecule has 0 radical (unpaired) electrons. The maximum absolute atomic E-state index is 3.48. The fourth-order valence-corrected chi connectivity index (χ4v) is 1.67. The molecule has 0 aliphatic carbocycles. The van der Waals surface area contributed by atoms with Crippen LogP contribution >= 0.6 is 0 Å². The van der Waals surface area contributed by atoms with Gasteiger partial charge in [0.05, 0.1) is 6.04 Å². The molecule has 2 heterocycles. The van der Waals surface area contributed by atoms with E-state index >= 15 is 0 Å². The molecule has 1 fully saturated rings. The molecule has 0 amide bonds. The Morgan fingerprint density at radius 2 is 2.50 bits per heavy atom. The Hall–Kier alpha value is -0.800. The predicted molar refractivity (Wildman–Crippen MR) is 49.0 cm³/mol. The number of hydrogen-bond acceptors (Lipinski definition) is 2. The van der Waals surface area contributed by atoms with E-state index in [1.807, 2.05) is 12.3 Å². The van der Waals surface area contributed by atoms with Crippen molar-refractivity contribution >= 4 is 0 Å². The molecule has 1 saturated heterocycles. The van der Waals surface area contributed by atoms with Crippen LogP contribution in [0.4, 0.5) is 0 Å². The molecule has 0 spiro atoms. The smallest absolute Gasteiger partial charge is 0.0602 e. The quantitative estimate of drug-likeness (QED) is 0.638. The summed E-state index contributed by atoms with van der Waals surface area (Å²) >= 11 is 0. The van der Waals surface area contributed by atoms with Crippen molar-refractivity contribution in [2.45, 2.75) is 6.04 Å². The van der Waals surface area contributed by atoms with Crippen LogP contribution in [0.15, 0.2) is 18.3 Å². The number of piperazine rings is 1. The molecule has 1 aliphatic heterocycles. The molecular weight excluding hydrogens is 150 g/mol. The summed E-state index contributed by atoms with van der Waals surface area (Å²) in [6.45, 7) is 3.33. The molecule has 1 aromatic heterocycles. The second-order valence-electron chi connectivity index (χ2n) is 3.39. The van der Waals surface area contributed by atoms with Gasteiger partial charge in [-0.15, -0.1) is 0 Å². The number of aromatic nitrogens is 1. The number of aromatic amines is 1. The monoisotopic (exact) mass is 165 g/mol. The topological polar surface area (TPSA) is 31.1 Å². The van der Waals surface area contributed by atoms with Gasteiger partial charge in [-0.25, -0.2) is 0 Å². The Morgan fingerprint density at radius 1 is 1.58 bits per heavy atom. The molecule has 1 unspecified atom stereocenters. The summed E-state index contributed by atoms with van der Waals surface area (Å²) in [5, 5.41) is 3.48. The number of likely N-dealkylation sites (N-methyl/N-ethyl adjacent to an activating group) is 1. The predicted octanol–water partition coefficient (Wildman–Crippen LogP) is 0.591. The first-order chi connectivity index (χ1) is 5.86. The van der Waals surface area contributed by atoms with Crippen molar-refractivity contribution in [3.8, 4) is 0 Å². The van der Waals surface area contributed by atoms with Crippen LogP contribution in [0, 0.1) is 0 Å². The molecule has 66 valence electrons. The van der Waals surface area contributed by atoms with E-state index in [9.17, 15) is 0 Å². The molecule has 1 aromatic rings. The van der Waals surface area contributed by atoms with Gasteiger partial charge in [-0.3, -0.25) is 0 Å². The lowest BCUT2D eigenvalue weighted by Gasteiger charge is -2.30. The van der Waals surface area contributed by atoms with E-state index in [1.165, 1.54) is 5.69 Å². The van der Waals surface area contributed by atoms with Gasteiger partial charge in [0, 0.05) is 31.5 Å². The fourth-order valence-electron chi connectivity index (χ4n) is 1.67. The molecular formula is C9H15N3. The first kappa shape index (κ1) is 7.83. The van der Waals surface area contributed by atoms with Crippen molar-refractivity contribution in [3.05, 3.63) is 24.0 Å². The minimum atomic E-state index is 0.485. The normalized spacial score (nSPS) is 25.9. The number of hydrogen-bond donors (Lipinski definition) is 2. The molecule has 12 heavy (non-hydrogen) atoms. The van der Waals surface area contributed by atoms with Crippen molar-refractivity contribution in [1.82, 2.24) is 15.2 Å². The first-order valence-electron chi connectivity index (χ1n) is 4.41. The number of nitrogens with one attached hydrogen (secondary N) is 2. The Kier molecular flexibility index (Phi) is 2.15. The number of H-pyrrole nitrogens is 1. The number of nitrogens with zero attached hydrogens (tertiary/aromatic N) is 1. The Balaban J connectivity index is 2.04. The zero-order chi connectivity index (χ0) is 8.39. The average Bonchev–Trinajstić information content (AvgIpc) is 2.56. The second kappa shape index (κ2) is 3.29. The highest BCUT2D eigenvalue weighted by Gasteiger charge is 2.17. The van der Waals surface area contributed by atoms with Gasteiger partial charge in [0.15, 0.2) is 0 Å². The molecule has 1 aliphatic rings. The Labute approximate surface area is 72.8 Å². The van der Waals surface area contributed by atoms with Gasteiger partial charge in [0.25, 0.3) is 0 Å². The molecule has 0 aromatic carbocycles. The van der Waals surface area contributed by atoms with Gasteiger partial charge < -0.3 is 15.2 Å². The lowest BCUT2D eigenvalue weighted by Crippen LogP contribution is -2.43. The maximum Gasteiger partial charge on any atom is 0.0602 e. The third-order valence-electron chi connectivity index (χ3n) is 2.38. The summed E-state index contributed by atoms with van der Waals surface area (Å²) in [6.07, 6.45) is 1.98. The van der Waals surface area contributed by atoms with E-state index in [1.54, 1.807) is 0 Å². The Bertz CT molecular complexity index is 230. The van der Waals surface area contributed by atoms with E-state index in [2.05, 4.69) is 28.3 Å². The maximum atomic E-state index is 3.48. The van der Waals surface area contributed by atoms with Crippen LogP contribution in [0.3, 0.4) is 0 Å². The van der Waals surface area contributed by atoms with Crippen molar-refractivity contribution < 1.29 is 0 Å². The first-order valence-corrected chi connectivity index (χ1v) is 4.41. The van der Waals surface area contributed by atoms with Gasteiger partial charge in [-0.05, 0) is 19.2 Å². The van der Waals surface area contributed by atoms with Crippen LogP contribution < -0.4 is 5.32 Å². The van der Waals surface area contributed by atoms with Crippen molar-refractivity contribution in [2.24, 2.45) is 0 Å². The molecule has 2 rings (SSSR count). The van der Waals surface area contributed by atoms with Crippen molar-refractivity contribution in [3.63, 3.8) is 0 Å². The van der Waals surface area contributed by atoms with Crippen LogP contribution in [0.5, 0.6) is 0 Å². The SMILES string of the molecule is CN1CCNC(c2ccc[nH]2)C1. The largest absolute Gasteiger partial charge is 0.364 e. The van der Waals surface area contributed by atoms with Gasteiger partial charge in [-0.1, -0.05) is 0 Å². The van der Waals surface area contributed by atoms with E-state index in [0.29, 0.717) is 6.04 Å².